The molecule has 2 atom stereocenters. The summed E-state index contributed by atoms with van der Waals surface area (Å²) in [4.78, 5) is 4.03. The molecule has 0 bridgehead atoms. The lowest BCUT2D eigenvalue weighted by atomic mass is 10.1. The van der Waals surface area contributed by atoms with Crippen molar-refractivity contribution in [1.82, 2.24) is 10.3 Å². The molecule has 1 aromatic heterocycles. The number of aromatic nitrogens is 1. The molecule has 1 N–H and O–H groups in total. The van der Waals surface area contributed by atoms with E-state index in [4.69, 9.17) is 0 Å². The summed E-state index contributed by atoms with van der Waals surface area (Å²) in [5, 5.41) is 3.63. The summed E-state index contributed by atoms with van der Waals surface area (Å²) < 4.78 is 0. The molecule has 2 nitrogen and oxygen atoms in total. The Bertz CT molecular complexity index is 280. The molecule has 1 aliphatic carbocycles. The zero-order chi connectivity index (χ0) is 9.97. The average molecular weight is 190 g/mol. The van der Waals surface area contributed by atoms with E-state index in [9.17, 15) is 0 Å². The van der Waals surface area contributed by atoms with Gasteiger partial charge in [-0.25, -0.2) is 0 Å². The Balaban J connectivity index is 1.91. The van der Waals surface area contributed by atoms with Crippen LogP contribution in [0.2, 0.25) is 0 Å². The fourth-order valence-electron chi connectivity index (χ4n) is 1.87. The van der Waals surface area contributed by atoms with E-state index in [0.717, 1.165) is 5.92 Å². The molecule has 0 aliphatic heterocycles. The van der Waals surface area contributed by atoms with Crippen LogP contribution in [0.25, 0.3) is 0 Å². The summed E-state index contributed by atoms with van der Waals surface area (Å²) >= 11 is 0. The third-order valence-corrected chi connectivity index (χ3v) is 3.05. The van der Waals surface area contributed by atoms with Gasteiger partial charge in [0.15, 0.2) is 0 Å². The van der Waals surface area contributed by atoms with Crippen molar-refractivity contribution in [3.8, 4) is 0 Å². The van der Waals surface area contributed by atoms with E-state index < -0.39 is 0 Å². The maximum Gasteiger partial charge on any atom is 0.0295 e. The van der Waals surface area contributed by atoms with Gasteiger partial charge in [0.05, 0.1) is 0 Å². The zero-order valence-electron chi connectivity index (χ0n) is 8.90. The summed E-state index contributed by atoms with van der Waals surface area (Å²) in [5.74, 6) is 0.916. The number of nitrogens with one attached hydrogen (secondary N) is 1. The van der Waals surface area contributed by atoms with Gasteiger partial charge in [0.25, 0.3) is 0 Å². The first-order valence-corrected chi connectivity index (χ1v) is 5.43. The van der Waals surface area contributed by atoms with E-state index in [-0.39, 0.29) is 0 Å². The summed E-state index contributed by atoms with van der Waals surface area (Å²) in [6, 6.07) is 5.25. The number of hydrogen-bond acceptors (Lipinski definition) is 2. The van der Waals surface area contributed by atoms with Gasteiger partial charge in [-0.2, -0.15) is 0 Å². The normalized spacial score (nSPS) is 20.4. The molecule has 1 fully saturated rings. The largest absolute Gasteiger partial charge is 0.307 e. The lowest BCUT2D eigenvalue weighted by Crippen LogP contribution is -2.30. The van der Waals surface area contributed by atoms with Gasteiger partial charge in [0.1, 0.15) is 0 Å². The molecule has 0 aromatic carbocycles. The number of pyridine rings is 1. The van der Waals surface area contributed by atoms with Gasteiger partial charge in [-0.05, 0) is 50.3 Å². The Hall–Kier alpha value is -0.890. The van der Waals surface area contributed by atoms with E-state index in [1.165, 1.54) is 18.4 Å². The summed E-state index contributed by atoms with van der Waals surface area (Å²) in [6.45, 7) is 4.50. The molecular formula is C12H18N2. The first-order valence-electron chi connectivity index (χ1n) is 5.43. The fraction of sp³-hybridized carbons (Fsp3) is 0.583. The molecular weight excluding hydrogens is 172 g/mol. The van der Waals surface area contributed by atoms with Crippen LogP contribution >= 0.6 is 0 Å². The Morgan fingerprint density at radius 3 is 2.50 bits per heavy atom. The molecule has 2 rings (SSSR count). The van der Waals surface area contributed by atoms with Crippen LogP contribution in [0, 0.1) is 5.92 Å². The van der Waals surface area contributed by atoms with Crippen LogP contribution in [-0.4, -0.2) is 11.0 Å². The van der Waals surface area contributed by atoms with E-state index >= 15 is 0 Å². The standard InChI is InChI=1S/C12H18N2/c1-9(11-3-4-11)14-10(2)12-5-7-13-8-6-12/h5-11,14H,3-4H2,1-2H3/t9-,10+/m0/s1. The fourth-order valence-corrected chi connectivity index (χ4v) is 1.87. The first kappa shape index (κ1) is 9.66. The number of nitrogens with zero attached hydrogens (tertiary/aromatic N) is 1. The van der Waals surface area contributed by atoms with Crippen LogP contribution in [0.4, 0.5) is 0 Å². The van der Waals surface area contributed by atoms with Crippen molar-refractivity contribution in [3.05, 3.63) is 30.1 Å². The van der Waals surface area contributed by atoms with Crippen LogP contribution in [0.5, 0.6) is 0 Å². The molecule has 0 radical (unpaired) electrons. The summed E-state index contributed by atoms with van der Waals surface area (Å²) in [6.07, 6.45) is 6.51. The maximum absolute atomic E-state index is 4.03. The second-order valence-corrected chi connectivity index (χ2v) is 4.30. The molecule has 1 saturated carbocycles. The Morgan fingerprint density at radius 1 is 1.29 bits per heavy atom. The van der Waals surface area contributed by atoms with Crippen molar-refractivity contribution < 1.29 is 0 Å². The molecule has 2 heteroatoms. The maximum atomic E-state index is 4.03. The minimum atomic E-state index is 0.439. The second-order valence-electron chi connectivity index (χ2n) is 4.30. The highest BCUT2D eigenvalue weighted by Gasteiger charge is 2.28. The predicted molar refractivity (Wildman–Crippen MR) is 58.0 cm³/mol. The lowest BCUT2D eigenvalue weighted by molar-refractivity contribution is 0.441. The highest BCUT2D eigenvalue weighted by Crippen LogP contribution is 2.33. The molecule has 1 aromatic rings. The van der Waals surface area contributed by atoms with Crippen molar-refractivity contribution in [2.24, 2.45) is 5.92 Å². The van der Waals surface area contributed by atoms with Crippen molar-refractivity contribution in [2.45, 2.75) is 38.8 Å². The van der Waals surface area contributed by atoms with E-state index in [2.05, 4.69) is 36.3 Å². The third kappa shape index (κ3) is 2.32. The van der Waals surface area contributed by atoms with Crippen molar-refractivity contribution in [1.29, 1.82) is 0 Å². The number of rotatable bonds is 4. The molecule has 14 heavy (non-hydrogen) atoms. The van der Waals surface area contributed by atoms with Crippen molar-refractivity contribution in [2.75, 3.05) is 0 Å². The van der Waals surface area contributed by atoms with Crippen molar-refractivity contribution >= 4 is 0 Å². The van der Waals surface area contributed by atoms with E-state index in [0.29, 0.717) is 12.1 Å². The summed E-state index contributed by atoms with van der Waals surface area (Å²) in [7, 11) is 0. The SMILES string of the molecule is C[C@H](N[C@H](C)c1ccncc1)C1CC1. The van der Waals surface area contributed by atoms with E-state index in [1.807, 2.05) is 12.4 Å². The van der Waals surface area contributed by atoms with Crippen molar-refractivity contribution in [3.63, 3.8) is 0 Å². The molecule has 0 unspecified atom stereocenters. The highest BCUT2D eigenvalue weighted by molar-refractivity contribution is 5.14. The Morgan fingerprint density at radius 2 is 1.93 bits per heavy atom. The zero-order valence-corrected chi connectivity index (χ0v) is 8.90. The average Bonchev–Trinajstić information content (AvgIpc) is 3.02. The highest BCUT2D eigenvalue weighted by atomic mass is 15.0. The third-order valence-electron chi connectivity index (χ3n) is 3.05. The first-order chi connectivity index (χ1) is 6.77. The van der Waals surface area contributed by atoms with Crippen LogP contribution in [-0.2, 0) is 0 Å². The van der Waals surface area contributed by atoms with E-state index in [1.54, 1.807) is 0 Å². The van der Waals surface area contributed by atoms with Gasteiger partial charge in [-0.15, -0.1) is 0 Å². The molecule has 1 aliphatic rings. The topological polar surface area (TPSA) is 24.9 Å². The van der Waals surface area contributed by atoms with Crippen LogP contribution in [0.1, 0.15) is 38.3 Å². The van der Waals surface area contributed by atoms with Crippen LogP contribution in [0.15, 0.2) is 24.5 Å². The Labute approximate surface area is 85.7 Å². The molecule has 0 saturated heterocycles. The monoisotopic (exact) mass is 190 g/mol. The number of hydrogen-bond donors (Lipinski definition) is 1. The Kier molecular flexibility index (Phi) is 2.82. The quantitative estimate of drug-likeness (QED) is 0.789. The van der Waals surface area contributed by atoms with Gasteiger partial charge < -0.3 is 5.32 Å². The van der Waals surface area contributed by atoms with Gasteiger partial charge in [0, 0.05) is 24.5 Å². The molecule has 0 amide bonds. The van der Waals surface area contributed by atoms with Gasteiger partial charge in [-0.1, -0.05) is 0 Å². The van der Waals surface area contributed by atoms with Gasteiger partial charge >= 0.3 is 0 Å². The molecule has 76 valence electrons. The predicted octanol–water partition coefficient (Wildman–Crippen LogP) is 2.53. The molecule has 0 spiro atoms. The molecule has 1 heterocycles. The minimum Gasteiger partial charge on any atom is -0.307 e. The van der Waals surface area contributed by atoms with Crippen LogP contribution < -0.4 is 5.32 Å². The smallest absolute Gasteiger partial charge is 0.0295 e. The van der Waals surface area contributed by atoms with Crippen LogP contribution in [0.3, 0.4) is 0 Å². The lowest BCUT2D eigenvalue weighted by Gasteiger charge is -2.19. The second kappa shape index (κ2) is 4.09. The minimum absolute atomic E-state index is 0.439. The van der Waals surface area contributed by atoms with Gasteiger partial charge in [0.2, 0.25) is 0 Å². The van der Waals surface area contributed by atoms with Gasteiger partial charge in [-0.3, -0.25) is 4.98 Å². The summed E-state index contributed by atoms with van der Waals surface area (Å²) in [5.41, 5.74) is 1.33.